The van der Waals surface area contributed by atoms with Crippen LogP contribution in [-0.4, -0.2) is 28.9 Å². The summed E-state index contributed by atoms with van der Waals surface area (Å²) in [5.74, 6) is 0.0195. The third kappa shape index (κ3) is 3.76. The minimum atomic E-state index is 0.0195. The number of nitrogens with one attached hydrogen (secondary N) is 1. The second-order valence-electron chi connectivity index (χ2n) is 6.21. The lowest BCUT2D eigenvalue weighted by Crippen LogP contribution is -2.32. The summed E-state index contributed by atoms with van der Waals surface area (Å²) in [4.78, 5) is 19.5. The molecule has 4 rings (SSSR count). The Bertz CT molecular complexity index is 877. The molecule has 1 amide bonds. The van der Waals surface area contributed by atoms with Gasteiger partial charge in [0.1, 0.15) is 5.01 Å². The summed E-state index contributed by atoms with van der Waals surface area (Å²) in [6.07, 6.45) is 2.16. The van der Waals surface area contributed by atoms with Crippen LogP contribution in [0.3, 0.4) is 0 Å². The molecule has 0 unspecified atom stereocenters. The Morgan fingerprint density at radius 2 is 2.16 bits per heavy atom. The van der Waals surface area contributed by atoms with Gasteiger partial charge in [0.25, 0.3) is 0 Å². The number of likely N-dealkylation sites (tertiary alicyclic amines) is 1. The summed E-state index contributed by atoms with van der Waals surface area (Å²) in [6.45, 7) is 1.33. The number of anilines is 1. The lowest BCUT2D eigenvalue weighted by molar-refractivity contribution is -0.117. The van der Waals surface area contributed by atoms with Crippen molar-refractivity contribution in [3.8, 4) is 0 Å². The van der Waals surface area contributed by atoms with Gasteiger partial charge in [-0.05, 0) is 49.7 Å². The lowest BCUT2D eigenvalue weighted by Gasteiger charge is -2.22. The van der Waals surface area contributed by atoms with Crippen LogP contribution in [0.15, 0.2) is 53.0 Å². The molecule has 128 valence electrons. The van der Waals surface area contributed by atoms with Crippen LogP contribution < -0.4 is 5.32 Å². The van der Waals surface area contributed by atoms with E-state index in [1.165, 1.54) is 4.70 Å². The number of rotatable bonds is 4. The van der Waals surface area contributed by atoms with Gasteiger partial charge >= 0.3 is 0 Å². The second kappa shape index (κ2) is 7.23. The van der Waals surface area contributed by atoms with Gasteiger partial charge in [-0.1, -0.05) is 34.1 Å². The van der Waals surface area contributed by atoms with Crippen LogP contribution >= 0.6 is 27.3 Å². The van der Waals surface area contributed by atoms with Crippen molar-refractivity contribution >= 4 is 49.1 Å². The average molecular weight is 416 g/mol. The molecule has 1 aliphatic heterocycles. The van der Waals surface area contributed by atoms with Crippen molar-refractivity contribution in [2.24, 2.45) is 0 Å². The van der Waals surface area contributed by atoms with Gasteiger partial charge in [-0.3, -0.25) is 9.69 Å². The standard InChI is InChI=1S/C19H18BrN3OS/c20-13-5-3-6-14(11-13)21-18(24)12-23-10-4-8-16(23)19-22-15-7-1-2-9-17(15)25-19/h1-3,5-7,9,11,16H,4,8,10,12H2,(H,21,24)/t16-/m0/s1. The normalized spacial score (nSPS) is 17.9. The number of carbonyl (C=O) groups excluding carboxylic acids is 1. The molecule has 1 aliphatic rings. The molecule has 1 N–H and O–H groups in total. The molecule has 25 heavy (non-hydrogen) atoms. The van der Waals surface area contributed by atoms with E-state index < -0.39 is 0 Å². The lowest BCUT2D eigenvalue weighted by atomic mass is 10.2. The van der Waals surface area contributed by atoms with E-state index in [4.69, 9.17) is 4.98 Å². The molecule has 0 aliphatic carbocycles. The fourth-order valence-corrected chi connectivity index (χ4v) is 4.82. The van der Waals surface area contributed by atoms with Crippen LogP contribution in [0.2, 0.25) is 0 Å². The van der Waals surface area contributed by atoms with E-state index in [1.54, 1.807) is 11.3 Å². The Morgan fingerprint density at radius 3 is 3.00 bits per heavy atom. The molecule has 1 aromatic heterocycles. The maximum Gasteiger partial charge on any atom is 0.238 e. The molecular formula is C19H18BrN3OS. The van der Waals surface area contributed by atoms with Crippen molar-refractivity contribution in [2.45, 2.75) is 18.9 Å². The highest BCUT2D eigenvalue weighted by Gasteiger charge is 2.30. The zero-order valence-electron chi connectivity index (χ0n) is 13.6. The first kappa shape index (κ1) is 16.7. The Morgan fingerprint density at radius 1 is 1.28 bits per heavy atom. The molecule has 1 atom stereocenters. The van der Waals surface area contributed by atoms with Crippen molar-refractivity contribution < 1.29 is 4.79 Å². The molecule has 4 nitrogen and oxygen atoms in total. The van der Waals surface area contributed by atoms with Crippen LogP contribution in [0.4, 0.5) is 5.69 Å². The van der Waals surface area contributed by atoms with Crippen LogP contribution in [0, 0.1) is 0 Å². The Balaban J connectivity index is 1.46. The molecular weight excluding hydrogens is 398 g/mol. The maximum absolute atomic E-state index is 12.4. The number of amides is 1. The minimum absolute atomic E-state index is 0.0195. The number of fused-ring (bicyclic) bond motifs is 1. The van der Waals surface area contributed by atoms with Crippen LogP contribution in [-0.2, 0) is 4.79 Å². The van der Waals surface area contributed by atoms with Crippen molar-refractivity contribution in [3.05, 3.63) is 58.0 Å². The number of benzene rings is 2. The fraction of sp³-hybridized carbons (Fsp3) is 0.263. The highest BCUT2D eigenvalue weighted by molar-refractivity contribution is 9.10. The predicted molar refractivity (Wildman–Crippen MR) is 106 cm³/mol. The first-order chi connectivity index (χ1) is 12.2. The maximum atomic E-state index is 12.4. The Labute approximate surface area is 159 Å². The average Bonchev–Trinajstić information content (AvgIpc) is 3.20. The summed E-state index contributed by atoms with van der Waals surface area (Å²) >= 11 is 5.17. The van der Waals surface area contributed by atoms with E-state index >= 15 is 0 Å². The summed E-state index contributed by atoms with van der Waals surface area (Å²) < 4.78 is 2.17. The third-order valence-electron chi connectivity index (χ3n) is 4.41. The van der Waals surface area contributed by atoms with Gasteiger partial charge in [-0.25, -0.2) is 4.98 Å². The predicted octanol–water partition coefficient (Wildman–Crippen LogP) is 4.83. The number of hydrogen-bond donors (Lipinski definition) is 1. The van der Waals surface area contributed by atoms with Gasteiger partial charge in [0, 0.05) is 10.2 Å². The number of carbonyl (C=O) groups is 1. The molecule has 0 spiro atoms. The van der Waals surface area contributed by atoms with E-state index in [2.05, 4.69) is 38.3 Å². The Hall–Kier alpha value is -1.76. The van der Waals surface area contributed by atoms with Crippen molar-refractivity contribution in [2.75, 3.05) is 18.4 Å². The van der Waals surface area contributed by atoms with Crippen LogP contribution in [0.5, 0.6) is 0 Å². The zero-order valence-corrected chi connectivity index (χ0v) is 16.0. The SMILES string of the molecule is O=C(CN1CCC[C@H]1c1nc2ccccc2s1)Nc1cccc(Br)c1. The smallest absolute Gasteiger partial charge is 0.238 e. The molecule has 3 aromatic rings. The van der Waals surface area contributed by atoms with Gasteiger partial charge in [0.15, 0.2) is 0 Å². The first-order valence-electron chi connectivity index (χ1n) is 8.34. The van der Waals surface area contributed by atoms with Crippen molar-refractivity contribution in [1.29, 1.82) is 0 Å². The van der Waals surface area contributed by atoms with E-state index in [-0.39, 0.29) is 11.9 Å². The molecule has 0 radical (unpaired) electrons. The largest absolute Gasteiger partial charge is 0.325 e. The summed E-state index contributed by atoms with van der Waals surface area (Å²) in [7, 11) is 0. The highest BCUT2D eigenvalue weighted by atomic mass is 79.9. The quantitative estimate of drug-likeness (QED) is 0.663. The Kier molecular flexibility index (Phi) is 4.83. The van der Waals surface area contributed by atoms with Crippen LogP contribution in [0.1, 0.15) is 23.9 Å². The highest BCUT2D eigenvalue weighted by Crippen LogP contribution is 2.36. The number of hydrogen-bond acceptors (Lipinski definition) is 4. The second-order valence-corrected chi connectivity index (χ2v) is 8.18. The van der Waals surface area contributed by atoms with Gasteiger partial charge in [-0.2, -0.15) is 0 Å². The number of aromatic nitrogens is 1. The molecule has 1 saturated heterocycles. The number of thiazole rings is 1. The molecule has 0 bridgehead atoms. The molecule has 1 fully saturated rings. The molecule has 6 heteroatoms. The van der Waals surface area contributed by atoms with Gasteiger partial charge in [0.2, 0.25) is 5.91 Å². The minimum Gasteiger partial charge on any atom is -0.325 e. The molecule has 0 saturated carbocycles. The van der Waals surface area contributed by atoms with E-state index in [0.717, 1.165) is 40.1 Å². The van der Waals surface area contributed by atoms with Crippen molar-refractivity contribution in [3.63, 3.8) is 0 Å². The summed E-state index contributed by atoms with van der Waals surface area (Å²) in [5, 5.41) is 4.10. The van der Waals surface area contributed by atoms with E-state index in [1.807, 2.05) is 36.4 Å². The van der Waals surface area contributed by atoms with E-state index in [9.17, 15) is 4.79 Å². The van der Waals surface area contributed by atoms with Crippen molar-refractivity contribution in [1.82, 2.24) is 9.88 Å². The molecule has 2 aromatic carbocycles. The zero-order chi connectivity index (χ0) is 17.2. The summed E-state index contributed by atoms with van der Waals surface area (Å²) in [5.41, 5.74) is 1.86. The monoisotopic (exact) mass is 415 g/mol. The van der Waals surface area contributed by atoms with E-state index in [0.29, 0.717) is 6.54 Å². The third-order valence-corrected chi connectivity index (χ3v) is 6.05. The first-order valence-corrected chi connectivity index (χ1v) is 9.95. The summed E-state index contributed by atoms with van der Waals surface area (Å²) in [6, 6.07) is 16.1. The number of para-hydroxylation sites is 1. The van der Waals surface area contributed by atoms with Gasteiger partial charge in [0.05, 0.1) is 22.8 Å². The number of nitrogens with zero attached hydrogens (tertiary/aromatic N) is 2. The topological polar surface area (TPSA) is 45.2 Å². The number of halogens is 1. The molecule has 2 heterocycles. The van der Waals surface area contributed by atoms with Gasteiger partial charge in [-0.15, -0.1) is 11.3 Å². The van der Waals surface area contributed by atoms with Crippen LogP contribution in [0.25, 0.3) is 10.2 Å². The fourth-order valence-electron chi connectivity index (χ4n) is 3.28. The van der Waals surface area contributed by atoms with Gasteiger partial charge < -0.3 is 5.32 Å².